The van der Waals surface area contributed by atoms with E-state index >= 15 is 0 Å². The van der Waals surface area contributed by atoms with E-state index < -0.39 is 16.9 Å². The number of non-ortho nitro benzene ring substituents is 1. The van der Waals surface area contributed by atoms with Crippen LogP contribution >= 0.6 is 0 Å². The number of aromatic carboxylic acids is 1. The van der Waals surface area contributed by atoms with Crippen LogP contribution in [0.3, 0.4) is 0 Å². The number of fused-ring (bicyclic) bond motifs is 1. The summed E-state index contributed by atoms with van der Waals surface area (Å²) in [7, 11) is 0. The SMILES string of the molecule is CCOC(=O)c1ccc(-n2cc(C(=O)O)c3cc(NC(=O)CCc4ccc([N+](=O)[O-])cc4)ccc32)cc1. The van der Waals surface area contributed by atoms with E-state index in [1.54, 1.807) is 66.1 Å². The quantitative estimate of drug-likeness (QED) is 0.187. The van der Waals surface area contributed by atoms with Crippen LogP contribution < -0.4 is 5.32 Å². The minimum Gasteiger partial charge on any atom is -0.478 e. The molecule has 0 aliphatic heterocycles. The number of nitrogens with one attached hydrogen (secondary N) is 1. The highest BCUT2D eigenvalue weighted by atomic mass is 16.6. The van der Waals surface area contributed by atoms with E-state index in [-0.39, 0.29) is 30.2 Å². The maximum atomic E-state index is 12.5. The third-order valence-corrected chi connectivity index (χ3v) is 5.76. The van der Waals surface area contributed by atoms with Crippen molar-refractivity contribution in [1.82, 2.24) is 4.57 Å². The van der Waals surface area contributed by atoms with Crippen molar-refractivity contribution in [2.75, 3.05) is 11.9 Å². The molecule has 0 aliphatic rings. The third-order valence-electron chi connectivity index (χ3n) is 5.76. The largest absolute Gasteiger partial charge is 0.478 e. The zero-order valence-electron chi connectivity index (χ0n) is 19.8. The first-order valence-electron chi connectivity index (χ1n) is 11.5. The number of carbonyl (C=O) groups is 3. The lowest BCUT2D eigenvalue weighted by Gasteiger charge is -2.09. The van der Waals surface area contributed by atoms with Gasteiger partial charge >= 0.3 is 11.9 Å². The van der Waals surface area contributed by atoms with E-state index in [0.717, 1.165) is 5.56 Å². The average Bonchev–Trinajstić information content (AvgIpc) is 3.27. The van der Waals surface area contributed by atoms with E-state index in [0.29, 0.717) is 34.3 Å². The number of amides is 1. The van der Waals surface area contributed by atoms with Crippen molar-refractivity contribution in [1.29, 1.82) is 0 Å². The standard InChI is InChI=1S/C27H23N3O7/c1-2-37-27(34)18-6-11-20(12-7-18)29-16-23(26(32)33)22-15-19(8-13-24(22)29)28-25(31)14-5-17-3-9-21(10-4-17)30(35)36/h3-4,6-13,15-16H,2,5,14H2,1H3,(H,28,31)(H,32,33). The molecule has 10 heteroatoms. The van der Waals surface area contributed by atoms with E-state index in [9.17, 15) is 29.6 Å². The summed E-state index contributed by atoms with van der Waals surface area (Å²) in [6.45, 7) is 1.99. The Kier molecular flexibility index (Phi) is 7.28. The van der Waals surface area contributed by atoms with E-state index in [2.05, 4.69) is 5.32 Å². The zero-order chi connectivity index (χ0) is 26.5. The van der Waals surface area contributed by atoms with Crippen molar-refractivity contribution in [3.05, 3.63) is 99.7 Å². The fraction of sp³-hybridized carbons (Fsp3) is 0.148. The number of carbonyl (C=O) groups excluding carboxylic acids is 2. The summed E-state index contributed by atoms with van der Waals surface area (Å²) in [5, 5.41) is 23.7. The Morgan fingerprint density at radius 2 is 1.73 bits per heavy atom. The number of esters is 1. The lowest BCUT2D eigenvalue weighted by molar-refractivity contribution is -0.384. The molecule has 1 aromatic heterocycles. The first-order valence-corrected chi connectivity index (χ1v) is 11.5. The molecular formula is C27H23N3O7. The van der Waals surface area contributed by atoms with Gasteiger partial charge in [-0.1, -0.05) is 12.1 Å². The second kappa shape index (κ2) is 10.7. The molecule has 0 fully saturated rings. The fourth-order valence-electron chi connectivity index (χ4n) is 3.93. The van der Waals surface area contributed by atoms with Crippen LogP contribution in [-0.2, 0) is 16.0 Å². The van der Waals surface area contributed by atoms with Crippen molar-refractivity contribution in [3.63, 3.8) is 0 Å². The summed E-state index contributed by atoms with van der Waals surface area (Å²) in [5.41, 5.74) is 2.94. The minimum atomic E-state index is -1.12. The summed E-state index contributed by atoms with van der Waals surface area (Å²) in [4.78, 5) is 46.6. The number of hydrogen-bond acceptors (Lipinski definition) is 6. The Morgan fingerprint density at radius 1 is 1.03 bits per heavy atom. The minimum absolute atomic E-state index is 0.0161. The molecule has 188 valence electrons. The molecule has 0 unspecified atom stereocenters. The number of benzene rings is 3. The number of nitro groups is 1. The number of aryl methyl sites for hydroxylation is 1. The van der Waals surface area contributed by atoms with Gasteiger partial charge in [0.25, 0.3) is 5.69 Å². The summed E-state index contributed by atoms with van der Waals surface area (Å²) >= 11 is 0. The number of rotatable bonds is 9. The molecule has 4 aromatic rings. The molecule has 0 spiro atoms. The van der Waals surface area contributed by atoms with Crippen LogP contribution in [0.15, 0.2) is 72.9 Å². The maximum Gasteiger partial charge on any atom is 0.338 e. The Hall–Kier alpha value is -4.99. The van der Waals surface area contributed by atoms with Gasteiger partial charge in [0, 0.05) is 41.5 Å². The maximum absolute atomic E-state index is 12.5. The Bertz CT molecular complexity index is 1490. The van der Waals surface area contributed by atoms with Gasteiger partial charge in [0.2, 0.25) is 5.91 Å². The third kappa shape index (κ3) is 5.64. The monoisotopic (exact) mass is 501 g/mol. The van der Waals surface area contributed by atoms with Crippen LogP contribution in [0, 0.1) is 10.1 Å². The van der Waals surface area contributed by atoms with E-state index in [4.69, 9.17) is 4.74 Å². The van der Waals surface area contributed by atoms with Crippen LogP contribution in [-0.4, -0.2) is 39.0 Å². The molecule has 0 saturated carbocycles. The molecule has 0 bridgehead atoms. The van der Waals surface area contributed by atoms with Crippen molar-refractivity contribution in [3.8, 4) is 5.69 Å². The van der Waals surface area contributed by atoms with Crippen LogP contribution in [0.2, 0.25) is 0 Å². The number of nitro benzene ring substituents is 1. The van der Waals surface area contributed by atoms with Gasteiger partial charge < -0.3 is 19.7 Å². The first kappa shape index (κ1) is 25.1. The summed E-state index contributed by atoms with van der Waals surface area (Å²) < 4.78 is 6.70. The van der Waals surface area contributed by atoms with Gasteiger partial charge in [-0.2, -0.15) is 0 Å². The molecule has 10 nitrogen and oxygen atoms in total. The molecule has 37 heavy (non-hydrogen) atoms. The molecule has 2 N–H and O–H groups in total. The highest BCUT2D eigenvalue weighted by Crippen LogP contribution is 2.28. The average molecular weight is 501 g/mol. The predicted octanol–water partition coefficient (Wildman–Crippen LogP) is 4.98. The smallest absolute Gasteiger partial charge is 0.338 e. The zero-order valence-corrected chi connectivity index (χ0v) is 19.8. The van der Waals surface area contributed by atoms with Gasteiger partial charge in [-0.25, -0.2) is 9.59 Å². The molecule has 0 saturated heterocycles. The summed E-state index contributed by atoms with van der Waals surface area (Å²) in [6, 6.07) is 17.6. The van der Waals surface area contributed by atoms with Crippen LogP contribution in [0.1, 0.15) is 39.6 Å². The van der Waals surface area contributed by atoms with Gasteiger partial charge in [0.15, 0.2) is 0 Å². The van der Waals surface area contributed by atoms with Crippen LogP contribution in [0.25, 0.3) is 16.6 Å². The van der Waals surface area contributed by atoms with Crippen molar-refractivity contribution in [2.24, 2.45) is 0 Å². The van der Waals surface area contributed by atoms with Crippen molar-refractivity contribution < 1.29 is 29.2 Å². The number of nitrogens with zero attached hydrogens (tertiary/aromatic N) is 2. The van der Waals surface area contributed by atoms with E-state index in [1.807, 2.05) is 0 Å². The van der Waals surface area contributed by atoms with E-state index in [1.165, 1.54) is 18.3 Å². The van der Waals surface area contributed by atoms with Crippen molar-refractivity contribution >= 4 is 40.1 Å². The van der Waals surface area contributed by atoms with Crippen LogP contribution in [0.5, 0.6) is 0 Å². The van der Waals surface area contributed by atoms with Gasteiger partial charge in [-0.05, 0) is 61.4 Å². The number of hydrogen-bond donors (Lipinski definition) is 2. The highest BCUT2D eigenvalue weighted by Gasteiger charge is 2.17. The number of ether oxygens (including phenoxy) is 1. The molecule has 3 aromatic carbocycles. The number of carboxylic acids is 1. The van der Waals surface area contributed by atoms with Crippen LogP contribution in [0.4, 0.5) is 11.4 Å². The molecule has 4 rings (SSSR count). The lowest BCUT2D eigenvalue weighted by atomic mass is 10.1. The predicted molar refractivity (Wildman–Crippen MR) is 136 cm³/mol. The lowest BCUT2D eigenvalue weighted by Crippen LogP contribution is -2.12. The molecule has 1 heterocycles. The van der Waals surface area contributed by atoms with Gasteiger partial charge in [-0.15, -0.1) is 0 Å². The fourth-order valence-corrected chi connectivity index (χ4v) is 3.93. The van der Waals surface area contributed by atoms with Gasteiger partial charge in [-0.3, -0.25) is 14.9 Å². The van der Waals surface area contributed by atoms with Gasteiger partial charge in [0.1, 0.15) is 0 Å². The summed E-state index contributed by atoms with van der Waals surface area (Å²) in [5.74, 6) is -1.83. The first-order chi connectivity index (χ1) is 17.8. The number of anilines is 1. The topological polar surface area (TPSA) is 141 Å². The highest BCUT2D eigenvalue weighted by molar-refractivity contribution is 6.06. The molecular weight excluding hydrogens is 478 g/mol. The molecule has 0 radical (unpaired) electrons. The molecule has 0 atom stereocenters. The Labute approximate surface area is 211 Å². The Morgan fingerprint density at radius 3 is 2.35 bits per heavy atom. The second-order valence-corrected chi connectivity index (χ2v) is 8.19. The number of carboxylic acid groups (broad SMARTS) is 1. The molecule has 0 aliphatic carbocycles. The number of aromatic nitrogens is 1. The second-order valence-electron chi connectivity index (χ2n) is 8.19. The Balaban J connectivity index is 1.52. The normalized spacial score (nSPS) is 10.7. The molecule has 1 amide bonds. The van der Waals surface area contributed by atoms with Gasteiger partial charge in [0.05, 0.1) is 28.2 Å². The summed E-state index contributed by atoms with van der Waals surface area (Å²) in [6.07, 6.45) is 2.03. The van der Waals surface area contributed by atoms with Crippen molar-refractivity contribution in [2.45, 2.75) is 19.8 Å².